The smallest absolute Gasteiger partial charge is 0.331 e. The number of esters is 1. The number of benzene rings is 2. The number of amides is 1. The van der Waals surface area contributed by atoms with Crippen LogP contribution in [0.1, 0.15) is 61.4 Å². The minimum atomic E-state index is -0.709. The average Bonchev–Trinajstić information content (AvgIpc) is 2.85. The zero-order valence-electron chi connectivity index (χ0n) is 19.6. The van der Waals surface area contributed by atoms with Gasteiger partial charge in [0, 0.05) is 24.2 Å². The highest BCUT2D eigenvalue weighted by Gasteiger charge is 2.52. The van der Waals surface area contributed by atoms with Gasteiger partial charge in [0.2, 0.25) is 0 Å². The Morgan fingerprint density at radius 3 is 2.31 bits per heavy atom. The molecular formula is C27H28Cl2N2O4. The Morgan fingerprint density at radius 1 is 1.06 bits per heavy atom. The van der Waals surface area contributed by atoms with Crippen molar-refractivity contribution < 1.29 is 19.1 Å². The van der Waals surface area contributed by atoms with Gasteiger partial charge in [0.25, 0.3) is 5.91 Å². The van der Waals surface area contributed by atoms with E-state index in [0.717, 1.165) is 43.4 Å². The van der Waals surface area contributed by atoms with Gasteiger partial charge >= 0.3 is 5.97 Å². The lowest BCUT2D eigenvalue weighted by molar-refractivity contribution is -0.144. The molecule has 0 heterocycles. The number of carbonyl (C=O) groups is 3. The Hall–Kier alpha value is -2.70. The molecule has 0 bridgehead atoms. The maximum Gasteiger partial charge on any atom is 0.331 e. The van der Waals surface area contributed by atoms with Crippen LogP contribution in [-0.2, 0) is 20.7 Å². The zero-order valence-corrected chi connectivity index (χ0v) is 21.1. The van der Waals surface area contributed by atoms with Gasteiger partial charge in [0.05, 0.1) is 27.6 Å². The van der Waals surface area contributed by atoms with Crippen molar-refractivity contribution in [2.75, 3.05) is 11.9 Å². The number of nitrogens with zero attached hydrogens (tertiary/aromatic N) is 1. The molecule has 1 N–H and O–H groups in total. The lowest BCUT2D eigenvalue weighted by atomic mass is 9.58. The van der Waals surface area contributed by atoms with Gasteiger partial charge < -0.3 is 10.1 Å². The molecular weight excluding hydrogens is 487 g/mol. The van der Waals surface area contributed by atoms with Crippen LogP contribution in [0.5, 0.6) is 0 Å². The van der Waals surface area contributed by atoms with E-state index in [9.17, 15) is 14.4 Å². The standard InChI is InChI=1S/C27H28Cl2N2O4/c1-2-35-26(34)21(31-22-16-23(32)27(22)13-4-3-5-14-27)15-17-9-11-18(12-10-17)30-25(33)24-19(28)7-6-8-20(24)29/h6-12,21H,2-5,13-16H2,1H3,(H,30,33)/t21-/m0/s1. The maximum atomic E-state index is 12.7. The van der Waals surface area contributed by atoms with Gasteiger partial charge in [-0.15, -0.1) is 0 Å². The van der Waals surface area contributed by atoms with Gasteiger partial charge in [-0.05, 0) is 49.6 Å². The summed E-state index contributed by atoms with van der Waals surface area (Å²) in [7, 11) is 0. The van der Waals surface area contributed by atoms with Crippen molar-refractivity contribution in [3.05, 3.63) is 63.6 Å². The number of rotatable bonds is 7. The third kappa shape index (κ3) is 5.44. The van der Waals surface area contributed by atoms with Gasteiger partial charge in [-0.3, -0.25) is 14.6 Å². The lowest BCUT2D eigenvalue weighted by Gasteiger charge is -2.44. The second-order valence-corrected chi connectivity index (χ2v) is 9.85. The zero-order chi connectivity index (χ0) is 25.0. The van der Waals surface area contributed by atoms with Gasteiger partial charge in [-0.2, -0.15) is 0 Å². The summed E-state index contributed by atoms with van der Waals surface area (Å²) < 4.78 is 5.28. The van der Waals surface area contributed by atoms with Gasteiger partial charge in [0.15, 0.2) is 6.04 Å². The summed E-state index contributed by atoms with van der Waals surface area (Å²) in [6, 6.07) is 11.3. The normalized spacial score (nSPS) is 18.7. The number of ether oxygens (including phenoxy) is 1. The number of anilines is 1. The minimum Gasteiger partial charge on any atom is -0.464 e. The van der Waals surface area contributed by atoms with Crippen molar-refractivity contribution in [3.8, 4) is 0 Å². The number of ketones is 1. The maximum absolute atomic E-state index is 12.7. The Kier molecular flexibility index (Phi) is 7.92. The number of halogens is 2. The molecule has 0 aromatic heterocycles. The van der Waals surface area contributed by atoms with E-state index in [-0.39, 0.29) is 28.0 Å². The van der Waals surface area contributed by atoms with Crippen LogP contribution < -0.4 is 5.32 Å². The molecule has 1 spiro atoms. The predicted octanol–water partition coefficient (Wildman–Crippen LogP) is 6.08. The molecule has 0 aliphatic heterocycles. The number of nitrogens with one attached hydrogen (secondary N) is 1. The molecule has 0 saturated heterocycles. The van der Waals surface area contributed by atoms with Crippen LogP contribution in [0, 0.1) is 5.41 Å². The molecule has 2 aliphatic rings. The lowest BCUT2D eigenvalue weighted by Crippen LogP contribution is -2.52. The second-order valence-electron chi connectivity index (χ2n) is 9.04. The van der Waals surface area contributed by atoms with Crippen molar-refractivity contribution in [2.24, 2.45) is 10.4 Å². The second kappa shape index (κ2) is 10.9. The Bertz CT molecular complexity index is 1130. The van der Waals surface area contributed by atoms with E-state index in [4.69, 9.17) is 32.9 Å². The number of aliphatic imine (C=N–C) groups is 1. The topological polar surface area (TPSA) is 84.8 Å². The SMILES string of the molecule is CCOC(=O)[C@H](Cc1ccc(NC(=O)c2c(Cl)cccc2Cl)cc1)N=C1CC(=O)C12CCCCC2. The Balaban J connectivity index is 1.49. The van der Waals surface area contributed by atoms with Gasteiger partial charge in [-0.25, -0.2) is 4.79 Å². The average molecular weight is 515 g/mol. The first-order valence-electron chi connectivity index (χ1n) is 12.0. The highest BCUT2D eigenvalue weighted by molar-refractivity contribution is 6.40. The molecule has 1 atom stereocenters. The summed E-state index contributed by atoms with van der Waals surface area (Å²) in [6.45, 7) is 2.03. The van der Waals surface area contributed by atoms with Crippen LogP contribution >= 0.6 is 23.2 Å². The van der Waals surface area contributed by atoms with Crippen LogP contribution in [0.2, 0.25) is 10.0 Å². The van der Waals surface area contributed by atoms with Crippen molar-refractivity contribution >= 4 is 52.3 Å². The first-order valence-corrected chi connectivity index (χ1v) is 12.7. The van der Waals surface area contributed by atoms with Crippen LogP contribution in [0.3, 0.4) is 0 Å². The molecule has 4 rings (SSSR count). The van der Waals surface area contributed by atoms with Gasteiger partial charge in [-0.1, -0.05) is 60.7 Å². The van der Waals surface area contributed by atoms with Crippen molar-refractivity contribution in [2.45, 2.75) is 57.9 Å². The Labute approximate surface area is 215 Å². The first kappa shape index (κ1) is 25.4. The molecule has 8 heteroatoms. The van der Waals surface area contributed by atoms with Gasteiger partial charge in [0.1, 0.15) is 5.78 Å². The predicted molar refractivity (Wildman–Crippen MR) is 138 cm³/mol. The molecule has 2 aliphatic carbocycles. The van der Waals surface area contributed by atoms with Crippen molar-refractivity contribution in [3.63, 3.8) is 0 Å². The molecule has 2 aromatic rings. The van der Waals surface area contributed by atoms with Crippen LogP contribution in [0.4, 0.5) is 5.69 Å². The van der Waals surface area contributed by atoms with Crippen molar-refractivity contribution in [1.29, 1.82) is 0 Å². The fraction of sp³-hybridized carbons (Fsp3) is 0.407. The highest BCUT2D eigenvalue weighted by atomic mass is 35.5. The van der Waals surface area contributed by atoms with Crippen LogP contribution in [-0.4, -0.2) is 36.0 Å². The fourth-order valence-corrected chi connectivity index (χ4v) is 5.47. The molecule has 184 valence electrons. The van der Waals surface area contributed by atoms with E-state index >= 15 is 0 Å². The molecule has 0 radical (unpaired) electrons. The molecule has 1 amide bonds. The summed E-state index contributed by atoms with van der Waals surface area (Å²) in [5.74, 6) is -0.551. The summed E-state index contributed by atoms with van der Waals surface area (Å²) in [4.78, 5) is 42.6. The Morgan fingerprint density at radius 2 is 1.71 bits per heavy atom. The molecule has 2 saturated carbocycles. The van der Waals surface area contributed by atoms with E-state index in [1.54, 1.807) is 37.3 Å². The molecule has 6 nitrogen and oxygen atoms in total. The quantitative estimate of drug-likeness (QED) is 0.453. The fourth-order valence-electron chi connectivity index (χ4n) is 4.90. The van der Waals surface area contributed by atoms with E-state index in [0.29, 0.717) is 18.5 Å². The number of Topliss-reactive ketones (excluding diaryl/α,β-unsaturated/α-hetero) is 1. The highest BCUT2D eigenvalue weighted by Crippen LogP contribution is 2.47. The summed E-state index contributed by atoms with van der Waals surface area (Å²) in [5.41, 5.74) is 2.03. The number of hydrogen-bond donors (Lipinski definition) is 1. The molecule has 2 fully saturated rings. The van der Waals surface area contributed by atoms with E-state index in [2.05, 4.69) is 5.32 Å². The third-order valence-corrected chi connectivity index (χ3v) is 7.45. The summed E-state index contributed by atoms with van der Waals surface area (Å²) >= 11 is 12.3. The van der Waals surface area contributed by atoms with E-state index in [1.165, 1.54) is 0 Å². The third-order valence-electron chi connectivity index (χ3n) is 6.82. The van der Waals surface area contributed by atoms with Crippen LogP contribution in [0.15, 0.2) is 47.5 Å². The largest absolute Gasteiger partial charge is 0.464 e. The number of carbonyl (C=O) groups excluding carboxylic acids is 3. The monoisotopic (exact) mass is 514 g/mol. The van der Waals surface area contributed by atoms with Crippen molar-refractivity contribution in [1.82, 2.24) is 0 Å². The van der Waals surface area contributed by atoms with Crippen LogP contribution in [0.25, 0.3) is 0 Å². The van der Waals surface area contributed by atoms with E-state index < -0.39 is 23.3 Å². The van der Waals surface area contributed by atoms with E-state index in [1.807, 2.05) is 12.1 Å². The molecule has 2 aromatic carbocycles. The number of hydrogen-bond acceptors (Lipinski definition) is 5. The molecule has 35 heavy (non-hydrogen) atoms. The minimum absolute atomic E-state index is 0.213. The summed E-state index contributed by atoms with van der Waals surface area (Å²) in [5, 5.41) is 3.34. The molecule has 0 unspecified atom stereocenters. The first-order chi connectivity index (χ1) is 16.8. The summed E-state index contributed by atoms with van der Waals surface area (Å²) in [6.07, 6.45) is 5.48.